The molecule has 4 rings (SSSR count). The maximum absolute atomic E-state index is 13.0. The minimum Gasteiger partial charge on any atom is -0.477 e. The second kappa shape index (κ2) is 7.53. The van der Waals surface area contributed by atoms with Crippen molar-refractivity contribution in [3.05, 3.63) is 70.0 Å². The number of pyridine rings is 1. The lowest BCUT2D eigenvalue weighted by molar-refractivity contribution is -0.137. The number of hydrogen-bond acceptors (Lipinski definition) is 5. The van der Waals surface area contributed by atoms with Crippen LogP contribution in [0.25, 0.3) is 10.9 Å². The molecule has 1 aromatic heterocycles. The summed E-state index contributed by atoms with van der Waals surface area (Å²) in [5, 5.41) is 9.35. The minimum absolute atomic E-state index is 0.203. The maximum atomic E-state index is 13.0. The number of carboxylic acid groups (broad SMARTS) is 1. The number of nitrogens with zero attached hydrogens (tertiary/aromatic N) is 3. The fraction of sp³-hybridized carbons (Fsp3) is 0.238. The van der Waals surface area contributed by atoms with Gasteiger partial charge in [-0.05, 0) is 36.4 Å². The molecule has 162 valence electrons. The third-order valence-corrected chi connectivity index (χ3v) is 5.43. The summed E-state index contributed by atoms with van der Waals surface area (Å²) < 4.78 is 40.1. The van der Waals surface area contributed by atoms with Crippen LogP contribution in [0.3, 0.4) is 0 Å². The standard InChI is InChI=1S/C21H19F3N4O3/c22-21(23,24)13-2-1-3-14(10-13)26-6-8-27(9-7-26)15-4-5-16-18(11-15)28(25)12-17(19(16)29)20(30)31/h1-5,10-12H,6-9,25H2,(H,30,31). The summed E-state index contributed by atoms with van der Waals surface area (Å²) in [7, 11) is 0. The molecule has 3 N–H and O–H groups in total. The van der Waals surface area contributed by atoms with Crippen molar-refractivity contribution in [2.75, 3.05) is 41.8 Å². The summed E-state index contributed by atoms with van der Waals surface area (Å²) in [6.45, 7) is 2.16. The second-order valence-electron chi connectivity index (χ2n) is 7.31. The third-order valence-electron chi connectivity index (χ3n) is 5.43. The van der Waals surface area contributed by atoms with E-state index in [4.69, 9.17) is 10.9 Å². The summed E-state index contributed by atoms with van der Waals surface area (Å²) >= 11 is 0. The van der Waals surface area contributed by atoms with Crippen molar-refractivity contribution in [3.63, 3.8) is 0 Å². The number of nitrogens with two attached hydrogens (primary N) is 1. The number of nitrogen functional groups attached to an aromatic ring is 1. The molecule has 2 aromatic carbocycles. The highest BCUT2D eigenvalue weighted by Gasteiger charge is 2.31. The number of hydrogen-bond donors (Lipinski definition) is 2. The zero-order valence-electron chi connectivity index (χ0n) is 16.3. The summed E-state index contributed by atoms with van der Waals surface area (Å²) in [6.07, 6.45) is -3.30. The second-order valence-corrected chi connectivity index (χ2v) is 7.31. The summed E-state index contributed by atoms with van der Waals surface area (Å²) in [5.41, 5.74) is 0.0156. The van der Waals surface area contributed by atoms with Crippen LogP contribution in [0.5, 0.6) is 0 Å². The molecule has 3 aromatic rings. The predicted octanol–water partition coefficient (Wildman–Crippen LogP) is 2.76. The van der Waals surface area contributed by atoms with E-state index in [1.165, 1.54) is 6.07 Å². The molecule has 0 aliphatic carbocycles. The van der Waals surface area contributed by atoms with E-state index in [2.05, 4.69) is 0 Å². The van der Waals surface area contributed by atoms with Gasteiger partial charge in [-0.3, -0.25) is 9.47 Å². The van der Waals surface area contributed by atoms with E-state index in [0.29, 0.717) is 37.4 Å². The van der Waals surface area contributed by atoms with Crippen molar-refractivity contribution in [1.82, 2.24) is 4.68 Å². The first-order valence-electron chi connectivity index (χ1n) is 9.50. The average molecular weight is 432 g/mol. The quantitative estimate of drug-likeness (QED) is 0.619. The molecule has 10 heteroatoms. The molecule has 0 atom stereocenters. The van der Waals surface area contributed by atoms with Crippen molar-refractivity contribution in [1.29, 1.82) is 0 Å². The van der Waals surface area contributed by atoms with Gasteiger partial charge < -0.3 is 20.7 Å². The third kappa shape index (κ3) is 3.88. The van der Waals surface area contributed by atoms with Gasteiger partial charge in [0.2, 0.25) is 5.43 Å². The van der Waals surface area contributed by atoms with E-state index >= 15 is 0 Å². The molecular weight excluding hydrogens is 413 g/mol. The molecule has 1 fully saturated rings. The predicted molar refractivity (Wildman–Crippen MR) is 111 cm³/mol. The fourth-order valence-electron chi connectivity index (χ4n) is 3.79. The van der Waals surface area contributed by atoms with E-state index in [-0.39, 0.29) is 5.39 Å². The van der Waals surface area contributed by atoms with Gasteiger partial charge in [-0.15, -0.1) is 0 Å². The number of alkyl halides is 3. The first-order chi connectivity index (χ1) is 14.6. The molecule has 0 amide bonds. The molecule has 7 nitrogen and oxygen atoms in total. The zero-order chi connectivity index (χ0) is 22.3. The fourth-order valence-corrected chi connectivity index (χ4v) is 3.79. The summed E-state index contributed by atoms with van der Waals surface area (Å²) in [6, 6.07) is 10.2. The Hall–Kier alpha value is -3.69. The number of aromatic carboxylic acids is 1. The monoisotopic (exact) mass is 432 g/mol. The summed E-state index contributed by atoms with van der Waals surface area (Å²) in [5.74, 6) is 4.56. The molecule has 0 unspecified atom stereocenters. The van der Waals surface area contributed by atoms with Gasteiger partial charge in [0.15, 0.2) is 0 Å². The van der Waals surface area contributed by atoms with Gasteiger partial charge in [0.25, 0.3) is 0 Å². The van der Waals surface area contributed by atoms with Crippen molar-refractivity contribution < 1.29 is 23.1 Å². The number of carbonyl (C=O) groups is 1. The normalized spacial score (nSPS) is 14.8. The first kappa shape index (κ1) is 20.6. The van der Waals surface area contributed by atoms with Crippen molar-refractivity contribution in [3.8, 4) is 0 Å². The number of piperazine rings is 1. The number of rotatable bonds is 3. The van der Waals surface area contributed by atoms with Crippen LogP contribution in [0, 0.1) is 0 Å². The van der Waals surface area contributed by atoms with Gasteiger partial charge in [-0.2, -0.15) is 13.2 Å². The highest BCUT2D eigenvalue weighted by Crippen LogP contribution is 2.32. The number of fused-ring (bicyclic) bond motifs is 1. The van der Waals surface area contributed by atoms with Crippen LogP contribution in [-0.2, 0) is 6.18 Å². The highest BCUT2D eigenvalue weighted by molar-refractivity contribution is 5.93. The van der Waals surface area contributed by atoms with E-state index in [1.807, 2.05) is 9.80 Å². The molecule has 31 heavy (non-hydrogen) atoms. The molecule has 0 radical (unpaired) electrons. The Balaban J connectivity index is 1.55. The largest absolute Gasteiger partial charge is 0.477 e. The highest BCUT2D eigenvalue weighted by atomic mass is 19.4. The van der Waals surface area contributed by atoms with Gasteiger partial charge in [-0.1, -0.05) is 6.07 Å². The average Bonchev–Trinajstić information content (AvgIpc) is 2.75. The topological polar surface area (TPSA) is 91.8 Å². The Morgan fingerprint density at radius 1 is 0.968 bits per heavy atom. The number of anilines is 2. The Kier molecular flexibility index (Phi) is 5.00. The minimum atomic E-state index is -4.39. The first-order valence-corrected chi connectivity index (χ1v) is 9.50. The molecule has 1 aliphatic heterocycles. The van der Waals surface area contributed by atoms with Crippen LogP contribution in [0.1, 0.15) is 15.9 Å². The lowest BCUT2D eigenvalue weighted by Gasteiger charge is -2.37. The smallest absolute Gasteiger partial charge is 0.416 e. The summed E-state index contributed by atoms with van der Waals surface area (Å²) in [4.78, 5) is 27.5. The van der Waals surface area contributed by atoms with E-state index < -0.39 is 28.7 Å². The molecule has 0 spiro atoms. The van der Waals surface area contributed by atoms with Crippen LogP contribution in [0.2, 0.25) is 0 Å². The molecule has 0 saturated carbocycles. The molecule has 0 bridgehead atoms. The molecule has 1 aliphatic rings. The lowest BCUT2D eigenvalue weighted by atomic mass is 10.1. The number of halogens is 3. The zero-order valence-corrected chi connectivity index (χ0v) is 16.3. The lowest BCUT2D eigenvalue weighted by Crippen LogP contribution is -2.46. The van der Waals surface area contributed by atoms with Crippen LogP contribution in [-0.4, -0.2) is 41.9 Å². The SMILES string of the molecule is Nn1cc(C(=O)O)c(=O)c2ccc(N3CCN(c4cccc(C(F)(F)F)c4)CC3)cc21. The van der Waals surface area contributed by atoms with E-state index in [0.717, 1.165) is 28.7 Å². The Labute approximate surface area is 174 Å². The molecule has 1 saturated heterocycles. The molecular formula is C21H19F3N4O3. The number of carboxylic acids is 1. The Morgan fingerprint density at radius 3 is 2.16 bits per heavy atom. The van der Waals surface area contributed by atoms with Gasteiger partial charge in [0.1, 0.15) is 5.56 Å². The number of aromatic nitrogens is 1. The Morgan fingerprint density at radius 2 is 1.58 bits per heavy atom. The van der Waals surface area contributed by atoms with Gasteiger partial charge in [-0.25, -0.2) is 4.79 Å². The van der Waals surface area contributed by atoms with Crippen LogP contribution in [0.4, 0.5) is 24.5 Å². The maximum Gasteiger partial charge on any atom is 0.416 e. The molecule has 2 heterocycles. The van der Waals surface area contributed by atoms with E-state index in [9.17, 15) is 22.8 Å². The Bertz CT molecular complexity index is 1210. The van der Waals surface area contributed by atoms with Crippen molar-refractivity contribution in [2.24, 2.45) is 0 Å². The number of benzene rings is 2. The van der Waals surface area contributed by atoms with Crippen molar-refractivity contribution in [2.45, 2.75) is 6.18 Å². The van der Waals surface area contributed by atoms with Crippen LogP contribution < -0.4 is 21.1 Å². The van der Waals surface area contributed by atoms with Crippen LogP contribution >= 0.6 is 0 Å². The van der Waals surface area contributed by atoms with E-state index in [1.54, 1.807) is 24.3 Å². The van der Waals surface area contributed by atoms with Gasteiger partial charge in [0, 0.05) is 49.1 Å². The van der Waals surface area contributed by atoms with Crippen LogP contribution in [0.15, 0.2) is 53.5 Å². The van der Waals surface area contributed by atoms with Gasteiger partial charge >= 0.3 is 12.1 Å². The van der Waals surface area contributed by atoms with Crippen molar-refractivity contribution >= 4 is 28.2 Å². The van der Waals surface area contributed by atoms with Gasteiger partial charge in [0.05, 0.1) is 11.1 Å².